The fourth-order valence-electron chi connectivity index (χ4n) is 9.13. The molecule has 5 aliphatic rings. The molecule has 1 saturated heterocycles. The number of hydrogen-bond acceptors (Lipinski definition) is 2. The molecule has 0 nitrogen and oxygen atoms in total. The van der Waals surface area contributed by atoms with Gasteiger partial charge in [-0.15, -0.1) is 23.5 Å². The summed E-state index contributed by atoms with van der Waals surface area (Å²) in [6, 6.07) is 0. The van der Waals surface area contributed by atoms with Gasteiger partial charge in [-0.1, -0.05) is 70.9 Å². The maximum atomic E-state index is 2.82. The van der Waals surface area contributed by atoms with Crippen molar-refractivity contribution in [3.05, 3.63) is 11.6 Å². The summed E-state index contributed by atoms with van der Waals surface area (Å²) in [6.45, 7) is 7.79. The molecule has 0 aromatic heterocycles. The van der Waals surface area contributed by atoms with Gasteiger partial charge in [-0.2, -0.15) is 0 Å². The molecule has 3 saturated carbocycles. The van der Waals surface area contributed by atoms with Gasteiger partial charge in [0.15, 0.2) is 0 Å². The molecular weight excluding hydrogens is 412 g/mol. The minimum absolute atomic E-state index is 0.473. The van der Waals surface area contributed by atoms with Crippen molar-refractivity contribution in [3.8, 4) is 0 Å². The van der Waals surface area contributed by atoms with E-state index in [-0.39, 0.29) is 0 Å². The largest absolute Gasteiger partial charge is 0.139 e. The number of rotatable bonds is 7. The third kappa shape index (κ3) is 4.11. The summed E-state index contributed by atoms with van der Waals surface area (Å²) in [6.07, 6.45) is 25.2. The van der Waals surface area contributed by atoms with Crippen molar-refractivity contribution in [2.24, 2.45) is 34.5 Å². The predicted octanol–water partition coefficient (Wildman–Crippen LogP) is 9.49. The van der Waals surface area contributed by atoms with E-state index in [9.17, 15) is 0 Å². The molecule has 0 aromatic rings. The Bertz CT molecular complexity index is 662. The number of thioether (sulfide) groups is 2. The quantitative estimate of drug-likeness (QED) is 0.274. The van der Waals surface area contributed by atoms with Gasteiger partial charge in [0.25, 0.3) is 0 Å². The van der Waals surface area contributed by atoms with Crippen molar-refractivity contribution < 1.29 is 0 Å². The van der Waals surface area contributed by atoms with Crippen molar-refractivity contribution >= 4 is 23.5 Å². The van der Waals surface area contributed by atoms with Crippen molar-refractivity contribution in [2.45, 2.75) is 121 Å². The van der Waals surface area contributed by atoms with E-state index in [0.717, 1.165) is 23.7 Å². The molecule has 4 fully saturated rings. The van der Waals surface area contributed by atoms with Crippen LogP contribution < -0.4 is 0 Å². The van der Waals surface area contributed by atoms with Crippen LogP contribution in [0.1, 0.15) is 117 Å². The van der Waals surface area contributed by atoms with Crippen LogP contribution in [0, 0.1) is 34.5 Å². The van der Waals surface area contributed by atoms with Crippen LogP contribution in [0.25, 0.3) is 0 Å². The maximum Gasteiger partial charge on any atom is 0.0795 e. The van der Waals surface area contributed by atoms with Crippen molar-refractivity contribution in [1.82, 2.24) is 0 Å². The molecule has 0 amide bonds. The van der Waals surface area contributed by atoms with Crippen LogP contribution in [0.15, 0.2) is 11.6 Å². The molecule has 5 rings (SSSR count). The Morgan fingerprint density at radius 1 is 0.839 bits per heavy atom. The normalized spacial score (nSPS) is 43.4. The van der Waals surface area contributed by atoms with Crippen molar-refractivity contribution in [3.63, 3.8) is 0 Å². The lowest BCUT2D eigenvalue weighted by atomic mass is 9.46. The second-order valence-electron chi connectivity index (χ2n) is 12.4. The first-order valence-corrected chi connectivity index (χ1v) is 16.0. The first-order valence-electron chi connectivity index (χ1n) is 14.0. The molecule has 176 valence electrons. The molecule has 1 spiro atoms. The molecule has 0 aromatic carbocycles. The summed E-state index contributed by atoms with van der Waals surface area (Å²) in [4.78, 5) is 0. The zero-order valence-corrected chi connectivity index (χ0v) is 22.4. The minimum Gasteiger partial charge on any atom is -0.139 e. The first-order chi connectivity index (χ1) is 15.0. The Morgan fingerprint density at radius 3 is 2.42 bits per heavy atom. The second-order valence-corrected chi connectivity index (χ2v) is 15.5. The molecule has 0 bridgehead atoms. The maximum absolute atomic E-state index is 2.82. The second kappa shape index (κ2) is 9.24. The SMILES string of the molecule is CCCCCCCCC1CC[C@H]2[C@@H]3CCC4=CC5(CC[C@]4(C)[C@H]3CC[C@]12C)SCCS5. The van der Waals surface area contributed by atoms with Gasteiger partial charge >= 0.3 is 0 Å². The van der Waals surface area contributed by atoms with Gasteiger partial charge in [-0.05, 0) is 92.3 Å². The van der Waals surface area contributed by atoms with E-state index in [1.54, 1.807) is 12.8 Å². The fourth-order valence-corrected chi connectivity index (χ4v) is 12.3. The van der Waals surface area contributed by atoms with Crippen LogP contribution in [0.5, 0.6) is 0 Å². The van der Waals surface area contributed by atoms with Gasteiger partial charge in [0.1, 0.15) is 0 Å². The average molecular weight is 461 g/mol. The highest BCUT2D eigenvalue weighted by atomic mass is 32.2. The topological polar surface area (TPSA) is 0 Å². The van der Waals surface area contributed by atoms with Gasteiger partial charge in [-0.3, -0.25) is 0 Å². The predicted molar refractivity (Wildman–Crippen MR) is 141 cm³/mol. The van der Waals surface area contributed by atoms with Crippen LogP contribution in [-0.4, -0.2) is 15.6 Å². The Kier molecular flexibility index (Phi) is 6.91. The monoisotopic (exact) mass is 460 g/mol. The molecule has 2 heteroatoms. The highest BCUT2D eigenvalue weighted by Crippen LogP contribution is 2.69. The summed E-state index contributed by atoms with van der Waals surface area (Å²) in [7, 11) is 0. The minimum atomic E-state index is 0.473. The smallest absolute Gasteiger partial charge is 0.0795 e. The third-order valence-corrected chi connectivity index (χ3v) is 14.4. The van der Waals surface area contributed by atoms with Gasteiger partial charge in [0.2, 0.25) is 0 Å². The number of allylic oxidation sites excluding steroid dienone is 1. The zero-order chi connectivity index (χ0) is 21.5. The fraction of sp³-hybridized carbons (Fsp3) is 0.931. The Morgan fingerprint density at radius 2 is 1.61 bits per heavy atom. The molecule has 0 radical (unpaired) electrons. The van der Waals surface area contributed by atoms with Crippen LogP contribution in [-0.2, 0) is 0 Å². The lowest BCUT2D eigenvalue weighted by Crippen LogP contribution is -2.51. The highest BCUT2D eigenvalue weighted by molar-refractivity contribution is 8.21. The van der Waals surface area contributed by atoms with E-state index in [0.29, 0.717) is 14.9 Å². The van der Waals surface area contributed by atoms with E-state index in [4.69, 9.17) is 0 Å². The lowest BCUT2D eigenvalue weighted by Gasteiger charge is -2.59. The summed E-state index contributed by atoms with van der Waals surface area (Å²) in [5.41, 5.74) is 3.11. The van der Waals surface area contributed by atoms with Gasteiger partial charge in [-0.25, -0.2) is 0 Å². The van der Waals surface area contributed by atoms with E-state index in [2.05, 4.69) is 50.4 Å². The molecule has 1 aliphatic heterocycles. The van der Waals surface area contributed by atoms with Crippen molar-refractivity contribution in [1.29, 1.82) is 0 Å². The Labute approximate surface area is 201 Å². The van der Waals surface area contributed by atoms with Gasteiger partial charge < -0.3 is 0 Å². The van der Waals surface area contributed by atoms with Crippen LogP contribution in [0.4, 0.5) is 0 Å². The van der Waals surface area contributed by atoms with E-state index >= 15 is 0 Å². The van der Waals surface area contributed by atoms with E-state index in [1.165, 1.54) is 95.0 Å². The van der Waals surface area contributed by atoms with Crippen LogP contribution in [0.2, 0.25) is 0 Å². The zero-order valence-electron chi connectivity index (χ0n) is 20.7. The van der Waals surface area contributed by atoms with Gasteiger partial charge in [0.05, 0.1) is 4.08 Å². The van der Waals surface area contributed by atoms with Gasteiger partial charge in [0, 0.05) is 11.5 Å². The third-order valence-electron chi connectivity index (χ3n) is 11.0. The number of hydrogen-bond donors (Lipinski definition) is 0. The number of unbranched alkanes of at least 4 members (excludes halogenated alkanes) is 5. The molecular formula is C29H48S2. The molecule has 0 N–H and O–H groups in total. The Hall–Kier alpha value is 0.440. The lowest BCUT2D eigenvalue weighted by molar-refractivity contribution is -0.0524. The summed E-state index contributed by atoms with van der Waals surface area (Å²) in [5.74, 6) is 6.85. The van der Waals surface area contributed by atoms with Crippen LogP contribution >= 0.6 is 23.5 Å². The summed E-state index contributed by atoms with van der Waals surface area (Å²) in [5, 5.41) is 0. The van der Waals surface area contributed by atoms with E-state index < -0.39 is 0 Å². The highest BCUT2D eigenvalue weighted by Gasteiger charge is 2.59. The summed E-state index contributed by atoms with van der Waals surface area (Å²) < 4.78 is 0.473. The molecule has 4 aliphatic carbocycles. The van der Waals surface area contributed by atoms with Crippen LogP contribution in [0.3, 0.4) is 0 Å². The number of fused-ring (bicyclic) bond motifs is 5. The molecule has 1 heterocycles. The molecule has 6 atom stereocenters. The Balaban J connectivity index is 1.24. The average Bonchev–Trinajstić information content (AvgIpc) is 3.35. The molecule has 31 heavy (non-hydrogen) atoms. The van der Waals surface area contributed by atoms with Crippen molar-refractivity contribution in [2.75, 3.05) is 11.5 Å². The summed E-state index contributed by atoms with van der Waals surface area (Å²) >= 11 is 4.53. The van der Waals surface area contributed by atoms with E-state index in [1.807, 2.05) is 5.57 Å². The molecule has 1 unspecified atom stereocenters. The standard InChI is InChI=1S/C29H48S2/c1-4-5-6-7-8-9-10-22-12-14-25-24-13-11-23-21-29(30-19-20-31-29)18-17-28(23,3)26(24)15-16-27(22,25)2/h21-22,24-26H,4-20H2,1-3H3/t22?,24-,25-,26-,27+,28-/m0/s1. The first kappa shape index (κ1) is 23.2.